The van der Waals surface area contributed by atoms with Crippen LogP contribution in [-0.2, 0) is 6.54 Å². The van der Waals surface area contributed by atoms with Crippen molar-refractivity contribution >= 4 is 38.8 Å². The molecule has 0 radical (unpaired) electrons. The summed E-state index contributed by atoms with van der Waals surface area (Å²) in [7, 11) is 0. The van der Waals surface area contributed by atoms with Crippen molar-refractivity contribution in [2.24, 2.45) is 0 Å². The van der Waals surface area contributed by atoms with Crippen LogP contribution in [0.1, 0.15) is 53.0 Å². The topological polar surface area (TPSA) is 33.2 Å². The van der Waals surface area contributed by atoms with E-state index in [0.717, 1.165) is 33.6 Å². The molecule has 2 aromatic heterocycles. The maximum Gasteiger partial charge on any atom is 0.254 e. The molecule has 0 unspecified atom stereocenters. The minimum Gasteiger partial charge on any atom is -0.331 e. The Kier molecular flexibility index (Phi) is 4.86. The molecule has 1 aromatic carbocycles. The molecular formula is C20H22N2OS2. The number of hydrogen-bond donors (Lipinski definition) is 0. The van der Waals surface area contributed by atoms with Gasteiger partial charge in [-0.3, -0.25) is 4.79 Å². The zero-order chi connectivity index (χ0) is 17.2. The summed E-state index contributed by atoms with van der Waals surface area (Å²) in [5.41, 5.74) is 3.01. The van der Waals surface area contributed by atoms with E-state index < -0.39 is 0 Å². The first-order chi connectivity index (χ1) is 12.2. The molecule has 0 atom stereocenters. The summed E-state index contributed by atoms with van der Waals surface area (Å²) >= 11 is 3.35. The Balaban J connectivity index is 1.64. The van der Waals surface area contributed by atoms with Crippen molar-refractivity contribution in [2.45, 2.75) is 51.6 Å². The summed E-state index contributed by atoms with van der Waals surface area (Å²) in [5, 5.41) is 5.28. The van der Waals surface area contributed by atoms with Crippen LogP contribution in [0.4, 0.5) is 0 Å². The highest BCUT2D eigenvalue weighted by atomic mass is 32.1. The van der Waals surface area contributed by atoms with Crippen LogP contribution in [0.2, 0.25) is 0 Å². The SMILES string of the molecule is Cc1nc2ccc(C(=O)N(Cc3ccsc3)C3CCCCC3)cc2s1. The number of carbonyl (C=O) groups excluding carboxylic acids is 1. The minimum atomic E-state index is 0.158. The molecule has 0 bridgehead atoms. The van der Waals surface area contributed by atoms with Crippen molar-refractivity contribution in [3.8, 4) is 0 Å². The van der Waals surface area contributed by atoms with E-state index in [0.29, 0.717) is 12.6 Å². The Morgan fingerprint density at radius 1 is 1.24 bits per heavy atom. The molecule has 1 aliphatic carbocycles. The van der Waals surface area contributed by atoms with Crippen LogP contribution in [-0.4, -0.2) is 21.8 Å². The summed E-state index contributed by atoms with van der Waals surface area (Å²) < 4.78 is 1.10. The van der Waals surface area contributed by atoms with Gasteiger partial charge in [-0.2, -0.15) is 11.3 Å². The Hall–Kier alpha value is -1.72. The summed E-state index contributed by atoms with van der Waals surface area (Å²) in [6.07, 6.45) is 6.00. The second-order valence-corrected chi connectivity index (χ2v) is 8.79. The van der Waals surface area contributed by atoms with Gasteiger partial charge in [0.05, 0.1) is 15.2 Å². The summed E-state index contributed by atoms with van der Waals surface area (Å²) in [5.74, 6) is 0.158. The molecule has 2 heterocycles. The van der Waals surface area contributed by atoms with Gasteiger partial charge in [-0.15, -0.1) is 11.3 Å². The second kappa shape index (κ2) is 7.26. The number of thiophene rings is 1. The first-order valence-corrected chi connectivity index (χ1v) is 10.7. The number of nitrogens with zero attached hydrogens (tertiary/aromatic N) is 2. The molecule has 5 heteroatoms. The normalized spacial score (nSPS) is 15.6. The van der Waals surface area contributed by atoms with Crippen molar-refractivity contribution in [3.05, 3.63) is 51.2 Å². The minimum absolute atomic E-state index is 0.158. The number of amides is 1. The van der Waals surface area contributed by atoms with Gasteiger partial charge in [0, 0.05) is 18.2 Å². The lowest BCUT2D eigenvalue weighted by atomic mass is 9.93. The largest absolute Gasteiger partial charge is 0.331 e. The third-order valence-electron chi connectivity index (χ3n) is 4.95. The fraction of sp³-hybridized carbons (Fsp3) is 0.400. The van der Waals surface area contributed by atoms with Gasteiger partial charge in [0.1, 0.15) is 0 Å². The van der Waals surface area contributed by atoms with E-state index >= 15 is 0 Å². The second-order valence-electron chi connectivity index (χ2n) is 6.77. The molecular weight excluding hydrogens is 348 g/mol. The van der Waals surface area contributed by atoms with Gasteiger partial charge in [-0.25, -0.2) is 4.98 Å². The number of thiazole rings is 1. The molecule has 1 fully saturated rings. The monoisotopic (exact) mass is 370 g/mol. The number of carbonyl (C=O) groups is 1. The third kappa shape index (κ3) is 3.62. The highest BCUT2D eigenvalue weighted by Gasteiger charge is 2.26. The van der Waals surface area contributed by atoms with Gasteiger partial charge in [0.15, 0.2) is 0 Å². The van der Waals surface area contributed by atoms with E-state index in [1.807, 2.05) is 25.1 Å². The summed E-state index contributed by atoms with van der Waals surface area (Å²) in [6, 6.07) is 8.43. The molecule has 0 spiro atoms. The number of aryl methyl sites for hydroxylation is 1. The number of rotatable bonds is 4. The summed E-state index contributed by atoms with van der Waals surface area (Å²) in [6.45, 7) is 2.73. The zero-order valence-electron chi connectivity index (χ0n) is 14.4. The average molecular weight is 371 g/mol. The zero-order valence-corrected chi connectivity index (χ0v) is 16.0. The lowest BCUT2D eigenvalue weighted by molar-refractivity contribution is 0.0614. The van der Waals surface area contributed by atoms with Crippen molar-refractivity contribution in [2.75, 3.05) is 0 Å². The molecule has 0 aliphatic heterocycles. The van der Waals surface area contributed by atoms with Gasteiger partial charge in [0.2, 0.25) is 0 Å². The molecule has 3 aromatic rings. The fourth-order valence-corrected chi connectivity index (χ4v) is 5.20. The molecule has 25 heavy (non-hydrogen) atoms. The third-order valence-corrected chi connectivity index (χ3v) is 6.62. The molecule has 1 amide bonds. The Morgan fingerprint density at radius 3 is 2.84 bits per heavy atom. The molecule has 0 N–H and O–H groups in total. The van der Waals surface area contributed by atoms with Crippen molar-refractivity contribution < 1.29 is 4.79 Å². The van der Waals surface area contributed by atoms with Gasteiger partial charge in [-0.05, 0) is 60.4 Å². The van der Waals surface area contributed by atoms with Crippen LogP contribution < -0.4 is 0 Å². The Labute approximate surface area is 156 Å². The molecule has 0 saturated heterocycles. The number of hydrogen-bond acceptors (Lipinski definition) is 4. The smallest absolute Gasteiger partial charge is 0.254 e. The van der Waals surface area contributed by atoms with Crippen LogP contribution >= 0.6 is 22.7 Å². The highest BCUT2D eigenvalue weighted by molar-refractivity contribution is 7.18. The maximum absolute atomic E-state index is 13.3. The number of aromatic nitrogens is 1. The molecule has 1 saturated carbocycles. The molecule has 1 aliphatic rings. The summed E-state index contributed by atoms with van der Waals surface area (Å²) in [4.78, 5) is 19.9. The average Bonchev–Trinajstić information content (AvgIpc) is 3.27. The molecule has 3 nitrogen and oxygen atoms in total. The van der Waals surface area contributed by atoms with E-state index in [1.165, 1.54) is 24.8 Å². The lowest BCUT2D eigenvalue weighted by Gasteiger charge is -2.34. The van der Waals surface area contributed by atoms with Crippen molar-refractivity contribution in [3.63, 3.8) is 0 Å². The Bertz CT molecular complexity index is 863. The van der Waals surface area contributed by atoms with Gasteiger partial charge in [-0.1, -0.05) is 19.3 Å². The highest BCUT2D eigenvalue weighted by Crippen LogP contribution is 2.28. The van der Waals surface area contributed by atoms with E-state index in [4.69, 9.17) is 0 Å². The van der Waals surface area contributed by atoms with E-state index in [-0.39, 0.29) is 5.91 Å². The van der Waals surface area contributed by atoms with Gasteiger partial charge in [0.25, 0.3) is 5.91 Å². The first-order valence-electron chi connectivity index (χ1n) is 8.90. The molecule has 130 valence electrons. The predicted molar refractivity (Wildman–Crippen MR) is 105 cm³/mol. The lowest BCUT2D eigenvalue weighted by Crippen LogP contribution is -2.40. The van der Waals surface area contributed by atoms with Crippen molar-refractivity contribution in [1.29, 1.82) is 0 Å². The first kappa shape index (κ1) is 16.7. The standard InChI is InChI=1S/C20H22N2OS2/c1-14-21-18-8-7-16(11-19(18)25-14)20(23)22(12-15-9-10-24-13-15)17-5-3-2-4-6-17/h7-11,13,17H,2-6,12H2,1H3. The quantitative estimate of drug-likeness (QED) is 0.595. The van der Waals surface area contributed by atoms with Gasteiger partial charge >= 0.3 is 0 Å². The fourth-order valence-electron chi connectivity index (χ4n) is 3.68. The van der Waals surface area contributed by atoms with Crippen molar-refractivity contribution in [1.82, 2.24) is 9.88 Å². The van der Waals surface area contributed by atoms with Crippen LogP contribution in [0, 0.1) is 6.92 Å². The van der Waals surface area contributed by atoms with Crippen LogP contribution in [0.15, 0.2) is 35.0 Å². The maximum atomic E-state index is 13.3. The molecule has 4 rings (SSSR count). The predicted octanol–water partition coefficient (Wildman–Crippen LogP) is 5.64. The van der Waals surface area contributed by atoms with Gasteiger partial charge < -0.3 is 4.90 Å². The number of benzene rings is 1. The Morgan fingerprint density at radius 2 is 2.08 bits per heavy atom. The number of fused-ring (bicyclic) bond motifs is 1. The van der Waals surface area contributed by atoms with Crippen LogP contribution in [0.3, 0.4) is 0 Å². The van der Waals surface area contributed by atoms with Crippen LogP contribution in [0.25, 0.3) is 10.2 Å². The van der Waals surface area contributed by atoms with E-state index in [2.05, 4.69) is 26.7 Å². The van der Waals surface area contributed by atoms with Crippen LogP contribution in [0.5, 0.6) is 0 Å². The van der Waals surface area contributed by atoms with E-state index in [9.17, 15) is 4.79 Å². The van der Waals surface area contributed by atoms with E-state index in [1.54, 1.807) is 22.7 Å².